The van der Waals surface area contributed by atoms with Crippen LogP contribution in [0.3, 0.4) is 0 Å². The number of ether oxygens (including phenoxy) is 1. The summed E-state index contributed by atoms with van der Waals surface area (Å²) < 4.78 is 7.89. The SMILES string of the molecule is CC(C)(C)OC(=O)N1CC2CCC(C1)C21C[C@H]([C@H]2c3ccccc3-c3cncn32)[C@@H]1O. The van der Waals surface area contributed by atoms with Crippen LogP contribution in [0, 0.1) is 23.2 Å². The first-order chi connectivity index (χ1) is 14.8. The third-order valence-corrected chi connectivity index (χ3v) is 8.39. The number of hydrogen-bond acceptors (Lipinski definition) is 4. The summed E-state index contributed by atoms with van der Waals surface area (Å²) in [7, 11) is 0. The fourth-order valence-corrected chi connectivity index (χ4v) is 7.17. The predicted molar refractivity (Wildman–Crippen MR) is 116 cm³/mol. The van der Waals surface area contributed by atoms with E-state index in [0.717, 1.165) is 25.0 Å². The van der Waals surface area contributed by atoms with Crippen molar-refractivity contribution in [2.75, 3.05) is 13.1 Å². The Hall–Kier alpha value is -2.34. The zero-order valence-electron chi connectivity index (χ0n) is 18.5. The van der Waals surface area contributed by atoms with Crippen molar-refractivity contribution in [3.63, 3.8) is 0 Å². The van der Waals surface area contributed by atoms with Crippen LogP contribution in [0.2, 0.25) is 0 Å². The second kappa shape index (κ2) is 6.35. The van der Waals surface area contributed by atoms with Crippen LogP contribution in [0.15, 0.2) is 36.8 Å². The highest BCUT2D eigenvalue weighted by atomic mass is 16.6. The van der Waals surface area contributed by atoms with Gasteiger partial charge in [0.2, 0.25) is 0 Å². The lowest BCUT2D eigenvalue weighted by molar-refractivity contribution is -0.194. The molecule has 164 valence electrons. The zero-order chi connectivity index (χ0) is 21.5. The van der Waals surface area contributed by atoms with Gasteiger partial charge >= 0.3 is 6.09 Å². The van der Waals surface area contributed by atoms with Crippen molar-refractivity contribution in [3.8, 4) is 11.3 Å². The van der Waals surface area contributed by atoms with Crippen molar-refractivity contribution >= 4 is 6.09 Å². The molecule has 0 radical (unpaired) electrons. The molecule has 1 saturated heterocycles. The number of fused-ring (bicyclic) bond motifs is 3. The molecule has 3 fully saturated rings. The van der Waals surface area contributed by atoms with Gasteiger partial charge in [-0.3, -0.25) is 0 Å². The first-order valence-electron chi connectivity index (χ1n) is 11.6. The number of carbonyl (C=O) groups is 1. The quantitative estimate of drug-likeness (QED) is 0.753. The van der Waals surface area contributed by atoms with Gasteiger partial charge in [-0.25, -0.2) is 9.78 Å². The van der Waals surface area contributed by atoms with E-state index in [4.69, 9.17) is 4.74 Å². The van der Waals surface area contributed by atoms with Crippen molar-refractivity contribution in [2.45, 2.75) is 57.8 Å². The molecule has 4 aliphatic rings. The maximum absolute atomic E-state index is 12.7. The molecular weight excluding hydrogens is 390 g/mol. The average Bonchev–Trinajstić information content (AvgIpc) is 3.35. The fraction of sp³-hybridized carbons (Fsp3) is 0.600. The third kappa shape index (κ3) is 2.60. The molecule has 6 heteroatoms. The molecule has 1 aromatic carbocycles. The normalized spacial score (nSPS) is 35.6. The maximum Gasteiger partial charge on any atom is 0.410 e. The summed E-state index contributed by atoms with van der Waals surface area (Å²) in [5.74, 6) is 0.889. The minimum absolute atomic E-state index is 0.0541. The standard InChI is InChI=1S/C25H31N3O3/c1-24(2,3)31-23(30)27-12-15-8-9-16(13-27)25(15)10-19(22(25)29)21-18-7-5-4-6-17(18)20-11-26-14-28(20)21/h4-7,11,14-16,19,21-22,29H,8-10,12-13H2,1-3H3/t15?,16?,19-,21-,22+,25?/m1/s1. The van der Waals surface area contributed by atoms with E-state index < -0.39 is 5.60 Å². The lowest BCUT2D eigenvalue weighted by Crippen LogP contribution is -2.65. The van der Waals surface area contributed by atoms with Crippen LogP contribution < -0.4 is 0 Å². The van der Waals surface area contributed by atoms with Gasteiger partial charge in [0.15, 0.2) is 0 Å². The molecule has 6 nitrogen and oxygen atoms in total. The van der Waals surface area contributed by atoms with Crippen LogP contribution in [0.4, 0.5) is 4.79 Å². The number of likely N-dealkylation sites (tertiary alicyclic amines) is 1. The molecule has 2 unspecified atom stereocenters. The molecule has 1 spiro atoms. The van der Waals surface area contributed by atoms with E-state index in [1.165, 1.54) is 11.1 Å². The Kier molecular flexibility index (Phi) is 3.96. The summed E-state index contributed by atoms with van der Waals surface area (Å²) in [6.07, 6.45) is 6.48. The lowest BCUT2D eigenvalue weighted by Gasteiger charge is -2.61. The summed E-state index contributed by atoms with van der Waals surface area (Å²) in [5.41, 5.74) is 3.15. The number of aromatic nitrogens is 2. The van der Waals surface area contributed by atoms with Gasteiger partial charge < -0.3 is 19.3 Å². The van der Waals surface area contributed by atoms with E-state index in [1.54, 1.807) is 0 Å². The van der Waals surface area contributed by atoms with Gasteiger partial charge in [0.1, 0.15) is 5.60 Å². The summed E-state index contributed by atoms with van der Waals surface area (Å²) in [6.45, 7) is 7.14. The fourth-order valence-electron chi connectivity index (χ4n) is 7.17. The van der Waals surface area contributed by atoms with Gasteiger partial charge in [-0.2, -0.15) is 0 Å². The zero-order valence-corrected chi connectivity index (χ0v) is 18.5. The molecule has 5 atom stereocenters. The van der Waals surface area contributed by atoms with Gasteiger partial charge in [-0.05, 0) is 57.4 Å². The second-order valence-corrected chi connectivity index (χ2v) is 11.0. The van der Waals surface area contributed by atoms with Crippen LogP contribution >= 0.6 is 0 Å². The second-order valence-electron chi connectivity index (χ2n) is 11.0. The van der Waals surface area contributed by atoms with Gasteiger partial charge in [-0.15, -0.1) is 0 Å². The highest BCUT2D eigenvalue weighted by molar-refractivity contribution is 5.70. The van der Waals surface area contributed by atoms with Crippen LogP contribution in [0.5, 0.6) is 0 Å². The largest absolute Gasteiger partial charge is 0.444 e. The van der Waals surface area contributed by atoms with Crippen molar-refractivity contribution in [2.24, 2.45) is 23.2 Å². The van der Waals surface area contributed by atoms with Crippen LogP contribution in [0.1, 0.15) is 51.6 Å². The number of nitrogens with zero attached hydrogens (tertiary/aromatic N) is 3. The molecule has 1 amide bonds. The Morgan fingerprint density at radius 2 is 1.90 bits per heavy atom. The number of imidazole rings is 1. The topological polar surface area (TPSA) is 67.6 Å². The molecule has 2 aromatic rings. The highest BCUT2D eigenvalue weighted by Gasteiger charge is 2.67. The Morgan fingerprint density at radius 1 is 1.19 bits per heavy atom. The molecule has 1 aromatic heterocycles. The summed E-state index contributed by atoms with van der Waals surface area (Å²) in [6, 6.07) is 8.67. The van der Waals surface area contributed by atoms with Gasteiger partial charge in [0.05, 0.1) is 30.4 Å². The Balaban J connectivity index is 1.25. The number of amides is 1. The first-order valence-corrected chi connectivity index (χ1v) is 11.6. The smallest absolute Gasteiger partial charge is 0.410 e. The van der Waals surface area contributed by atoms with Gasteiger partial charge in [-0.1, -0.05) is 24.3 Å². The number of aliphatic hydroxyl groups excluding tert-OH is 1. The maximum atomic E-state index is 12.7. The molecule has 3 heterocycles. The molecular formula is C25H31N3O3. The number of benzene rings is 1. The van der Waals surface area contributed by atoms with Crippen molar-refractivity contribution in [3.05, 3.63) is 42.4 Å². The van der Waals surface area contributed by atoms with Gasteiger partial charge in [0.25, 0.3) is 0 Å². The number of hydrogen-bond donors (Lipinski definition) is 1. The first kappa shape index (κ1) is 19.4. The number of piperidine rings is 1. The average molecular weight is 422 g/mol. The molecule has 2 aliphatic carbocycles. The monoisotopic (exact) mass is 421 g/mol. The van der Waals surface area contributed by atoms with E-state index >= 15 is 0 Å². The lowest BCUT2D eigenvalue weighted by atomic mass is 9.48. The van der Waals surface area contributed by atoms with Crippen LogP contribution in [0.25, 0.3) is 11.3 Å². The van der Waals surface area contributed by atoms with E-state index in [2.05, 4.69) is 33.8 Å². The van der Waals surface area contributed by atoms with Crippen molar-refractivity contribution in [1.29, 1.82) is 0 Å². The third-order valence-electron chi connectivity index (χ3n) is 8.39. The highest BCUT2D eigenvalue weighted by Crippen LogP contribution is 2.67. The predicted octanol–water partition coefficient (Wildman–Crippen LogP) is 4.10. The van der Waals surface area contributed by atoms with Gasteiger partial charge in [0, 0.05) is 30.0 Å². The van der Waals surface area contributed by atoms with E-state index in [-0.39, 0.29) is 29.6 Å². The van der Waals surface area contributed by atoms with Crippen LogP contribution in [-0.2, 0) is 4.74 Å². The van der Waals surface area contributed by atoms with Crippen LogP contribution in [-0.4, -0.2) is 50.4 Å². The van der Waals surface area contributed by atoms with E-state index in [9.17, 15) is 9.90 Å². The number of carbonyl (C=O) groups excluding carboxylic acids is 1. The minimum atomic E-state index is -0.481. The summed E-state index contributed by atoms with van der Waals surface area (Å²) >= 11 is 0. The minimum Gasteiger partial charge on any atom is -0.444 e. The molecule has 2 bridgehead atoms. The van der Waals surface area contributed by atoms with E-state index in [1.807, 2.05) is 38.2 Å². The molecule has 31 heavy (non-hydrogen) atoms. The Labute approximate surface area is 183 Å². The van der Waals surface area contributed by atoms with Crippen molar-refractivity contribution in [1.82, 2.24) is 14.5 Å². The summed E-state index contributed by atoms with van der Waals surface area (Å²) in [5, 5.41) is 11.7. The molecule has 1 N–H and O–H groups in total. The Bertz CT molecular complexity index is 1020. The molecule has 2 aliphatic heterocycles. The number of aliphatic hydroxyl groups is 1. The van der Waals surface area contributed by atoms with E-state index in [0.29, 0.717) is 24.9 Å². The number of rotatable bonds is 1. The molecule has 2 saturated carbocycles. The Morgan fingerprint density at radius 3 is 2.58 bits per heavy atom. The molecule has 6 rings (SSSR count). The van der Waals surface area contributed by atoms with Crippen molar-refractivity contribution < 1.29 is 14.6 Å². The summed E-state index contributed by atoms with van der Waals surface area (Å²) in [4.78, 5) is 19.0.